The topological polar surface area (TPSA) is 46.5 Å². The van der Waals surface area contributed by atoms with Crippen LogP contribution in [0.4, 0.5) is 0 Å². The molecule has 0 unspecified atom stereocenters. The van der Waals surface area contributed by atoms with Crippen LogP contribution in [0.3, 0.4) is 0 Å². The Morgan fingerprint density at radius 1 is 1.58 bits per heavy atom. The Hall–Kier alpha value is -0.952. The van der Waals surface area contributed by atoms with E-state index < -0.39 is 5.97 Å². The third-order valence-corrected chi connectivity index (χ3v) is 2.20. The first-order valence-corrected chi connectivity index (χ1v) is 4.19. The summed E-state index contributed by atoms with van der Waals surface area (Å²) in [6.07, 6.45) is 0. The summed E-state index contributed by atoms with van der Waals surface area (Å²) < 4.78 is 5.83. The van der Waals surface area contributed by atoms with Crippen LogP contribution in [0.15, 0.2) is 18.2 Å². The molecule has 0 aliphatic heterocycles. The molecule has 0 aliphatic carbocycles. The molecule has 62 valence electrons. The first-order chi connectivity index (χ1) is 5.65. The number of carbonyl (C=O) groups is 1. The van der Waals surface area contributed by atoms with Gasteiger partial charge in [0.2, 0.25) is 0 Å². The van der Waals surface area contributed by atoms with Crippen LogP contribution < -0.4 is 9.09 Å². The second-order valence-corrected chi connectivity index (χ2v) is 3.20. The molecule has 0 saturated heterocycles. The Balaban J connectivity index is 3.13. The zero-order valence-electron chi connectivity index (χ0n) is 6.44. The van der Waals surface area contributed by atoms with E-state index in [1.54, 1.807) is 12.1 Å². The quantitative estimate of drug-likeness (QED) is 0.732. The van der Waals surface area contributed by atoms with Gasteiger partial charge in [-0.2, -0.15) is 0 Å². The van der Waals surface area contributed by atoms with Gasteiger partial charge in [-0.25, -0.2) is 0 Å². The van der Waals surface area contributed by atoms with Crippen molar-refractivity contribution in [3.63, 3.8) is 0 Å². The normalized spacial score (nSPS) is 9.50. The third kappa shape index (κ3) is 1.80. The molecule has 1 N–H and O–H groups in total. The number of carboxylic acid groups (broad SMARTS) is 1. The Bertz CT molecular complexity index is 309. The fraction of sp³-hybridized carbons (Fsp3) is 0.125. The molecule has 0 saturated carbocycles. The van der Waals surface area contributed by atoms with Crippen LogP contribution >= 0.6 is 0 Å². The number of hydrogen-bond donors (Lipinski definition) is 1. The molecule has 12 heavy (non-hydrogen) atoms. The molecule has 1 aromatic rings. The molecule has 0 aliphatic rings. The van der Waals surface area contributed by atoms with Gasteiger partial charge in [-0.3, -0.25) is 0 Å². The maximum atomic E-state index is 10.5. The maximum absolute atomic E-state index is 10.5. The molecule has 0 bridgehead atoms. The Morgan fingerprint density at radius 3 is 2.75 bits per heavy atom. The van der Waals surface area contributed by atoms with E-state index in [2.05, 4.69) is 16.9 Å². The van der Waals surface area contributed by atoms with Gasteiger partial charge in [0.05, 0.1) is 0 Å². The van der Waals surface area contributed by atoms with Crippen molar-refractivity contribution in [3.8, 4) is 5.75 Å². The average molecular weight is 226 g/mol. The standard InChI is InChI=1S/C8H7AsO3/c1-12-7-4-5(8(10)11)2-3-6(7)9/h2-4H,1H3,(H,10,11). The van der Waals surface area contributed by atoms with Crippen LogP contribution in [0, 0.1) is 0 Å². The second-order valence-electron chi connectivity index (χ2n) is 2.19. The van der Waals surface area contributed by atoms with Gasteiger partial charge in [0.25, 0.3) is 0 Å². The summed E-state index contributed by atoms with van der Waals surface area (Å²) in [5, 5.41) is 8.64. The molecule has 0 fully saturated rings. The van der Waals surface area contributed by atoms with Gasteiger partial charge >= 0.3 is 78.4 Å². The van der Waals surface area contributed by atoms with Crippen LogP contribution in [-0.4, -0.2) is 35.0 Å². The summed E-state index contributed by atoms with van der Waals surface area (Å²) in [7, 11) is 1.51. The van der Waals surface area contributed by atoms with E-state index in [9.17, 15) is 4.79 Å². The summed E-state index contributed by atoms with van der Waals surface area (Å²) >= 11 is 2.32. The molecular weight excluding hydrogens is 219 g/mol. The minimum absolute atomic E-state index is 0.238. The van der Waals surface area contributed by atoms with Crippen molar-refractivity contribution in [2.24, 2.45) is 0 Å². The van der Waals surface area contributed by atoms with Crippen molar-refractivity contribution in [3.05, 3.63) is 23.8 Å². The molecule has 0 amide bonds. The number of hydrogen-bond acceptors (Lipinski definition) is 2. The molecule has 0 heterocycles. The van der Waals surface area contributed by atoms with E-state index in [0.29, 0.717) is 5.75 Å². The van der Waals surface area contributed by atoms with Crippen molar-refractivity contribution in [2.75, 3.05) is 7.11 Å². The van der Waals surface area contributed by atoms with Crippen LogP contribution in [0.5, 0.6) is 5.75 Å². The molecule has 1 aromatic carbocycles. The van der Waals surface area contributed by atoms with E-state index in [1.165, 1.54) is 13.2 Å². The predicted molar refractivity (Wildman–Crippen MR) is 45.3 cm³/mol. The molecule has 3 nitrogen and oxygen atoms in total. The van der Waals surface area contributed by atoms with E-state index in [-0.39, 0.29) is 5.56 Å². The number of carboxylic acids is 1. The fourth-order valence-corrected chi connectivity index (χ4v) is 1.29. The van der Waals surface area contributed by atoms with Crippen LogP contribution in [0.2, 0.25) is 0 Å². The van der Waals surface area contributed by atoms with Crippen molar-refractivity contribution in [1.82, 2.24) is 0 Å². The van der Waals surface area contributed by atoms with Crippen molar-refractivity contribution < 1.29 is 14.6 Å². The van der Waals surface area contributed by atoms with Gasteiger partial charge in [-0.1, -0.05) is 0 Å². The molecule has 0 aromatic heterocycles. The number of rotatable bonds is 2. The van der Waals surface area contributed by atoms with Gasteiger partial charge in [0.15, 0.2) is 0 Å². The number of methoxy groups -OCH3 is 1. The van der Waals surface area contributed by atoms with E-state index in [4.69, 9.17) is 9.84 Å². The first kappa shape index (κ1) is 9.14. The SMILES string of the molecule is COc1cc(C(=O)O)ccc1[As]. The first-order valence-electron chi connectivity index (χ1n) is 3.25. The van der Waals surface area contributed by atoms with E-state index in [1.807, 2.05) is 0 Å². The zero-order chi connectivity index (χ0) is 9.14. The van der Waals surface area contributed by atoms with Crippen molar-refractivity contribution in [2.45, 2.75) is 0 Å². The Labute approximate surface area is 78.9 Å². The minimum atomic E-state index is -0.944. The van der Waals surface area contributed by atoms with Gasteiger partial charge in [0, 0.05) is 0 Å². The van der Waals surface area contributed by atoms with Crippen LogP contribution in [-0.2, 0) is 0 Å². The monoisotopic (exact) mass is 226 g/mol. The van der Waals surface area contributed by atoms with E-state index >= 15 is 0 Å². The van der Waals surface area contributed by atoms with Gasteiger partial charge in [-0.15, -0.1) is 0 Å². The van der Waals surface area contributed by atoms with Crippen molar-refractivity contribution in [1.29, 1.82) is 0 Å². The molecule has 4 heteroatoms. The summed E-state index contributed by atoms with van der Waals surface area (Å²) in [5.41, 5.74) is 0.238. The number of ether oxygens (including phenoxy) is 1. The molecule has 2 radical (unpaired) electrons. The molecule has 0 atom stereocenters. The summed E-state index contributed by atoms with van der Waals surface area (Å²) in [6.45, 7) is 0. The third-order valence-electron chi connectivity index (χ3n) is 1.43. The van der Waals surface area contributed by atoms with Gasteiger partial charge in [0.1, 0.15) is 0 Å². The number of benzene rings is 1. The fourth-order valence-electron chi connectivity index (χ4n) is 0.811. The Kier molecular flexibility index (Phi) is 2.77. The second kappa shape index (κ2) is 3.63. The van der Waals surface area contributed by atoms with Crippen LogP contribution in [0.25, 0.3) is 0 Å². The summed E-state index contributed by atoms with van der Waals surface area (Å²) in [6, 6.07) is 4.73. The summed E-state index contributed by atoms with van der Waals surface area (Å²) in [4.78, 5) is 10.5. The van der Waals surface area contributed by atoms with E-state index in [0.717, 1.165) is 4.35 Å². The summed E-state index contributed by atoms with van der Waals surface area (Å²) in [5.74, 6) is -0.365. The molecule has 1 rings (SSSR count). The van der Waals surface area contributed by atoms with Gasteiger partial charge in [-0.05, 0) is 0 Å². The molecular formula is C8H7AsO3. The average Bonchev–Trinajstić information content (AvgIpc) is 2.05. The van der Waals surface area contributed by atoms with Crippen LogP contribution in [0.1, 0.15) is 10.4 Å². The zero-order valence-corrected chi connectivity index (χ0v) is 8.32. The molecule has 0 spiro atoms. The predicted octanol–water partition coefficient (Wildman–Crippen LogP) is 0.187. The number of aromatic carboxylic acids is 1. The van der Waals surface area contributed by atoms with Crippen molar-refractivity contribution >= 4 is 27.2 Å². The van der Waals surface area contributed by atoms with Gasteiger partial charge < -0.3 is 0 Å². The Morgan fingerprint density at radius 2 is 2.25 bits per heavy atom.